The average Bonchev–Trinajstić information content (AvgIpc) is 3.20. The van der Waals surface area contributed by atoms with Crippen molar-refractivity contribution in [1.82, 2.24) is 30.2 Å². The van der Waals surface area contributed by atoms with Gasteiger partial charge in [0.15, 0.2) is 5.69 Å². The molecule has 3 heterocycles. The average molecular weight is 356 g/mol. The van der Waals surface area contributed by atoms with Crippen molar-refractivity contribution in [2.75, 3.05) is 13.1 Å². The Hall–Kier alpha value is -2.36. The van der Waals surface area contributed by atoms with Crippen LogP contribution in [0.3, 0.4) is 0 Å². The molecule has 0 spiro atoms. The lowest BCUT2D eigenvalue weighted by molar-refractivity contribution is -0.142. The molecule has 1 saturated heterocycles. The molecule has 7 nitrogen and oxygen atoms in total. The second-order valence-corrected chi connectivity index (χ2v) is 6.04. The van der Waals surface area contributed by atoms with Crippen LogP contribution in [0.1, 0.15) is 40.6 Å². The summed E-state index contributed by atoms with van der Waals surface area (Å²) in [5.41, 5.74) is -0.892. The third kappa shape index (κ3) is 4.01. The van der Waals surface area contributed by atoms with Gasteiger partial charge in [-0.05, 0) is 25.5 Å². The van der Waals surface area contributed by atoms with Crippen LogP contribution in [0, 0.1) is 0 Å². The summed E-state index contributed by atoms with van der Waals surface area (Å²) >= 11 is 0. The molecule has 0 aromatic carbocycles. The number of piperidine rings is 1. The van der Waals surface area contributed by atoms with Gasteiger partial charge in [0.1, 0.15) is 5.69 Å². The van der Waals surface area contributed by atoms with Crippen LogP contribution in [0.15, 0.2) is 18.5 Å². The number of alkyl halides is 3. The van der Waals surface area contributed by atoms with Crippen LogP contribution in [0.25, 0.3) is 0 Å². The van der Waals surface area contributed by atoms with Crippen molar-refractivity contribution < 1.29 is 18.0 Å². The topological polar surface area (TPSA) is 76.8 Å². The number of nitrogens with zero attached hydrogens (tertiary/aromatic N) is 4. The van der Waals surface area contributed by atoms with Crippen molar-refractivity contribution in [3.05, 3.63) is 35.4 Å². The Morgan fingerprint density at radius 3 is 2.92 bits per heavy atom. The Morgan fingerprint density at radius 2 is 2.24 bits per heavy atom. The first-order valence-electron chi connectivity index (χ1n) is 7.98. The number of aromatic nitrogens is 4. The Morgan fingerprint density at radius 1 is 1.44 bits per heavy atom. The number of carbonyl (C=O) groups excluding carboxylic acids is 1. The highest BCUT2D eigenvalue weighted by Gasteiger charge is 2.36. The number of hydrogen-bond acceptors (Lipinski definition) is 4. The van der Waals surface area contributed by atoms with Gasteiger partial charge in [0, 0.05) is 38.1 Å². The minimum atomic E-state index is -4.56. The molecule has 1 aliphatic heterocycles. The van der Waals surface area contributed by atoms with Gasteiger partial charge < -0.3 is 10.6 Å². The zero-order valence-corrected chi connectivity index (χ0v) is 13.7. The molecule has 2 N–H and O–H groups in total. The second-order valence-electron chi connectivity index (χ2n) is 6.04. The van der Waals surface area contributed by atoms with Crippen LogP contribution in [0.5, 0.6) is 0 Å². The molecule has 0 saturated carbocycles. The van der Waals surface area contributed by atoms with E-state index in [1.54, 1.807) is 16.9 Å². The van der Waals surface area contributed by atoms with Crippen LogP contribution in [-0.2, 0) is 19.8 Å². The normalized spacial score (nSPS) is 18.3. The summed E-state index contributed by atoms with van der Waals surface area (Å²) in [5.74, 6) is -0.514. The summed E-state index contributed by atoms with van der Waals surface area (Å²) in [6.07, 6.45) is 0.414. The molecular formula is C15H19F3N6O. The fourth-order valence-electron chi connectivity index (χ4n) is 2.89. The molecule has 1 aliphatic rings. The van der Waals surface area contributed by atoms with Crippen molar-refractivity contribution in [3.8, 4) is 0 Å². The lowest BCUT2D eigenvalue weighted by Crippen LogP contribution is -2.32. The fraction of sp³-hybridized carbons (Fsp3) is 0.533. The van der Waals surface area contributed by atoms with Crippen molar-refractivity contribution in [1.29, 1.82) is 0 Å². The lowest BCUT2D eigenvalue weighted by atomic mass is 10.1. The number of halogens is 3. The first-order chi connectivity index (χ1) is 11.8. The van der Waals surface area contributed by atoms with Gasteiger partial charge in [-0.15, -0.1) is 0 Å². The molecule has 136 valence electrons. The van der Waals surface area contributed by atoms with E-state index in [2.05, 4.69) is 20.8 Å². The predicted molar refractivity (Wildman–Crippen MR) is 82.7 cm³/mol. The summed E-state index contributed by atoms with van der Waals surface area (Å²) in [7, 11) is 1.40. The number of rotatable bonds is 4. The molecule has 1 atom stereocenters. The van der Waals surface area contributed by atoms with Crippen LogP contribution in [-0.4, -0.2) is 38.6 Å². The van der Waals surface area contributed by atoms with Gasteiger partial charge in [-0.25, -0.2) is 0 Å². The van der Waals surface area contributed by atoms with E-state index in [9.17, 15) is 18.0 Å². The standard InChI is InChI=1S/C15H19F3N6O/c1-23-9-10(13(22-23)15(16,17)18)7-20-14(25)12-4-6-24(21-12)11-3-2-5-19-8-11/h4,6,9,11,19H,2-3,5,7-8H2,1H3,(H,20,25). The first-order valence-corrected chi connectivity index (χ1v) is 7.98. The van der Waals surface area contributed by atoms with Crippen molar-refractivity contribution in [2.24, 2.45) is 7.05 Å². The van der Waals surface area contributed by atoms with Crippen LogP contribution in [0.2, 0.25) is 0 Å². The molecule has 0 bridgehead atoms. The Balaban J connectivity index is 1.64. The molecule has 0 aliphatic carbocycles. The number of nitrogens with one attached hydrogen (secondary N) is 2. The molecule has 2 aromatic heterocycles. The maximum Gasteiger partial charge on any atom is 0.435 e. The van der Waals surface area contributed by atoms with Gasteiger partial charge in [-0.2, -0.15) is 23.4 Å². The number of amides is 1. The van der Waals surface area contributed by atoms with E-state index in [-0.39, 0.29) is 23.8 Å². The minimum Gasteiger partial charge on any atom is -0.346 e. The molecule has 10 heteroatoms. The maximum atomic E-state index is 12.9. The third-order valence-corrected chi connectivity index (χ3v) is 4.10. The maximum absolute atomic E-state index is 12.9. The van der Waals surface area contributed by atoms with Crippen molar-refractivity contribution in [2.45, 2.75) is 31.6 Å². The van der Waals surface area contributed by atoms with Gasteiger partial charge >= 0.3 is 6.18 Å². The molecule has 3 rings (SSSR count). The molecular weight excluding hydrogens is 337 g/mol. The predicted octanol–water partition coefficient (Wildman–Crippen LogP) is 1.49. The highest BCUT2D eigenvalue weighted by molar-refractivity contribution is 5.92. The monoisotopic (exact) mass is 356 g/mol. The van der Waals surface area contributed by atoms with E-state index >= 15 is 0 Å². The number of carbonyl (C=O) groups is 1. The minimum absolute atomic E-state index is 0.0840. The van der Waals surface area contributed by atoms with Gasteiger partial charge in [-0.3, -0.25) is 14.2 Å². The zero-order chi connectivity index (χ0) is 18.0. The summed E-state index contributed by atoms with van der Waals surface area (Å²) in [4.78, 5) is 12.2. The van der Waals surface area contributed by atoms with Gasteiger partial charge in [-0.1, -0.05) is 0 Å². The van der Waals surface area contributed by atoms with E-state index in [0.717, 1.165) is 30.6 Å². The largest absolute Gasteiger partial charge is 0.435 e. The third-order valence-electron chi connectivity index (χ3n) is 4.10. The van der Waals surface area contributed by atoms with Crippen molar-refractivity contribution in [3.63, 3.8) is 0 Å². The van der Waals surface area contributed by atoms with E-state index in [4.69, 9.17) is 0 Å². The molecule has 0 radical (unpaired) electrons. The highest BCUT2D eigenvalue weighted by Crippen LogP contribution is 2.30. The summed E-state index contributed by atoms with van der Waals surface area (Å²) < 4.78 is 41.5. The lowest BCUT2D eigenvalue weighted by Gasteiger charge is -2.22. The number of aryl methyl sites for hydroxylation is 1. The summed E-state index contributed by atoms with van der Waals surface area (Å²) in [6.45, 7) is 1.49. The van der Waals surface area contributed by atoms with Gasteiger partial charge in [0.2, 0.25) is 0 Å². The summed E-state index contributed by atoms with van der Waals surface area (Å²) in [5, 5.41) is 13.4. The molecule has 1 fully saturated rings. The Labute approximate surface area is 142 Å². The van der Waals surface area contributed by atoms with E-state index < -0.39 is 17.8 Å². The van der Waals surface area contributed by atoms with Crippen LogP contribution < -0.4 is 10.6 Å². The van der Waals surface area contributed by atoms with E-state index in [1.807, 2.05) is 0 Å². The highest BCUT2D eigenvalue weighted by atomic mass is 19.4. The molecule has 2 aromatic rings. The molecule has 25 heavy (non-hydrogen) atoms. The Kier molecular flexibility index (Phi) is 4.80. The number of hydrogen-bond donors (Lipinski definition) is 2. The molecule has 1 amide bonds. The van der Waals surface area contributed by atoms with Crippen LogP contribution >= 0.6 is 0 Å². The zero-order valence-electron chi connectivity index (χ0n) is 13.7. The van der Waals surface area contributed by atoms with Gasteiger partial charge in [0.25, 0.3) is 5.91 Å². The molecule has 1 unspecified atom stereocenters. The smallest absolute Gasteiger partial charge is 0.346 e. The summed E-state index contributed by atoms with van der Waals surface area (Å²) in [6, 6.07) is 1.75. The van der Waals surface area contributed by atoms with Crippen molar-refractivity contribution >= 4 is 5.91 Å². The van der Waals surface area contributed by atoms with E-state index in [1.165, 1.54) is 13.2 Å². The fourth-order valence-corrected chi connectivity index (χ4v) is 2.89. The quantitative estimate of drug-likeness (QED) is 0.870. The second kappa shape index (κ2) is 6.87. The van der Waals surface area contributed by atoms with Crippen LogP contribution in [0.4, 0.5) is 13.2 Å². The first kappa shape index (κ1) is 17.5. The Bertz CT molecular complexity index is 745. The van der Waals surface area contributed by atoms with E-state index in [0.29, 0.717) is 0 Å². The van der Waals surface area contributed by atoms with Gasteiger partial charge in [0.05, 0.1) is 6.04 Å². The SMILES string of the molecule is Cn1cc(CNC(=O)c2ccn(C3CCCNC3)n2)c(C(F)(F)F)n1.